The second-order valence-electron chi connectivity index (χ2n) is 5.01. The summed E-state index contributed by atoms with van der Waals surface area (Å²) in [7, 11) is 0. The van der Waals surface area contributed by atoms with Crippen molar-refractivity contribution in [1.82, 2.24) is 5.32 Å². The third-order valence-electron chi connectivity index (χ3n) is 3.25. The van der Waals surface area contributed by atoms with Crippen LogP contribution in [0.25, 0.3) is 0 Å². The maximum atomic E-state index is 12.2. The van der Waals surface area contributed by atoms with E-state index in [0.29, 0.717) is 5.92 Å². The highest BCUT2D eigenvalue weighted by atomic mass is 32.1. The molecule has 0 saturated heterocycles. The lowest BCUT2D eigenvalue weighted by Gasteiger charge is -2.25. The maximum Gasteiger partial charge on any atom is 0.256 e. The van der Waals surface area contributed by atoms with Gasteiger partial charge in [0.15, 0.2) is 0 Å². The molecule has 0 unspecified atom stereocenters. The molecule has 98 valence electrons. The van der Waals surface area contributed by atoms with Crippen LogP contribution in [-0.2, 0) is 0 Å². The topological polar surface area (TPSA) is 41.1 Å². The number of carbonyl (C=O) groups excluding carboxylic acids is 1. The van der Waals surface area contributed by atoms with Crippen LogP contribution in [-0.4, -0.2) is 5.91 Å². The number of nitrogens with one attached hydrogen (secondary N) is 2. The van der Waals surface area contributed by atoms with Gasteiger partial charge in [0, 0.05) is 4.88 Å². The summed E-state index contributed by atoms with van der Waals surface area (Å²) in [5.41, 5.74) is 1.84. The van der Waals surface area contributed by atoms with Crippen LogP contribution in [0.15, 0.2) is 36.4 Å². The molecule has 0 aliphatic carbocycles. The highest BCUT2D eigenvalue weighted by Crippen LogP contribution is 2.37. The van der Waals surface area contributed by atoms with Crippen molar-refractivity contribution in [1.29, 1.82) is 0 Å². The van der Waals surface area contributed by atoms with Gasteiger partial charge in [-0.15, -0.1) is 11.3 Å². The lowest BCUT2D eigenvalue weighted by atomic mass is 10.1. The predicted octanol–water partition coefficient (Wildman–Crippen LogP) is 3.73. The first-order valence-electron chi connectivity index (χ1n) is 6.41. The fourth-order valence-electron chi connectivity index (χ4n) is 2.16. The average Bonchev–Trinajstić information content (AvgIpc) is 2.84. The van der Waals surface area contributed by atoms with Crippen LogP contribution in [0.4, 0.5) is 5.00 Å². The SMILES string of the molecule is CC(C)c1cc2c(s1)N[C@@H](c1ccccc1)NC2=O. The number of fused-ring (bicyclic) bond motifs is 1. The van der Waals surface area contributed by atoms with Crippen LogP contribution < -0.4 is 10.6 Å². The summed E-state index contributed by atoms with van der Waals surface area (Å²) in [6.45, 7) is 4.29. The van der Waals surface area contributed by atoms with E-state index in [1.165, 1.54) is 4.88 Å². The van der Waals surface area contributed by atoms with Gasteiger partial charge < -0.3 is 10.6 Å². The second-order valence-corrected chi connectivity index (χ2v) is 6.09. The molecule has 3 rings (SSSR count). The van der Waals surface area contributed by atoms with E-state index >= 15 is 0 Å². The van der Waals surface area contributed by atoms with Gasteiger partial charge in [-0.25, -0.2) is 0 Å². The van der Waals surface area contributed by atoms with Crippen molar-refractivity contribution in [2.24, 2.45) is 0 Å². The Morgan fingerprint density at radius 2 is 1.89 bits per heavy atom. The predicted molar refractivity (Wildman–Crippen MR) is 78.7 cm³/mol. The fraction of sp³-hybridized carbons (Fsp3) is 0.267. The first-order chi connectivity index (χ1) is 9.15. The summed E-state index contributed by atoms with van der Waals surface area (Å²) in [4.78, 5) is 13.4. The van der Waals surface area contributed by atoms with Gasteiger partial charge in [-0.1, -0.05) is 44.2 Å². The highest BCUT2D eigenvalue weighted by Gasteiger charge is 2.27. The molecule has 1 aromatic carbocycles. The zero-order valence-corrected chi connectivity index (χ0v) is 11.8. The number of rotatable bonds is 2. The van der Waals surface area contributed by atoms with E-state index in [2.05, 4.69) is 24.5 Å². The minimum absolute atomic E-state index is 0.00533. The van der Waals surface area contributed by atoms with Gasteiger partial charge in [0.05, 0.1) is 5.56 Å². The molecule has 0 radical (unpaired) electrons. The van der Waals surface area contributed by atoms with Crippen molar-refractivity contribution in [3.05, 3.63) is 52.4 Å². The van der Waals surface area contributed by atoms with Gasteiger partial charge >= 0.3 is 0 Å². The summed E-state index contributed by atoms with van der Waals surface area (Å²) in [6, 6.07) is 12.0. The molecule has 0 spiro atoms. The fourth-order valence-corrected chi connectivity index (χ4v) is 3.25. The molecule has 0 fully saturated rings. The lowest BCUT2D eigenvalue weighted by molar-refractivity contribution is 0.0936. The van der Waals surface area contributed by atoms with Crippen molar-refractivity contribution < 1.29 is 4.79 Å². The largest absolute Gasteiger partial charge is 0.353 e. The number of benzene rings is 1. The van der Waals surface area contributed by atoms with Crippen LogP contribution in [0.2, 0.25) is 0 Å². The van der Waals surface area contributed by atoms with E-state index in [-0.39, 0.29) is 12.1 Å². The Morgan fingerprint density at radius 1 is 1.16 bits per heavy atom. The first kappa shape index (κ1) is 12.2. The molecule has 2 N–H and O–H groups in total. The quantitative estimate of drug-likeness (QED) is 0.874. The van der Waals surface area contributed by atoms with Crippen molar-refractivity contribution in [2.45, 2.75) is 25.9 Å². The summed E-state index contributed by atoms with van der Waals surface area (Å²) in [5, 5.41) is 7.38. The Hall–Kier alpha value is -1.81. The van der Waals surface area contributed by atoms with Crippen LogP contribution in [0, 0.1) is 0 Å². The molecule has 1 atom stereocenters. The molecule has 2 heterocycles. The smallest absolute Gasteiger partial charge is 0.256 e. The zero-order chi connectivity index (χ0) is 13.4. The minimum Gasteiger partial charge on any atom is -0.353 e. The minimum atomic E-state index is -0.139. The molecule has 1 aliphatic heterocycles. The Balaban J connectivity index is 1.94. The van der Waals surface area contributed by atoms with Crippen LogP contribution in [0.1, 0.15) is 46.7 Å². The van der Waals surface area contributed by atoms with E-state index in [1.807, 2.05) is 36.4 Å². The van der Waals surface area contributed by atoms with Crippen LogP contribution >= 0.6 is 11.3 Å². The third kappa shape index (κ3) is 2.24. The lowest BCUT2D eigenvalue weighted by Crippen LogP contribution is -2.37. The second kappa shape index (κ2) is 4.70. The van der Waals surface area contributed by atoms with E-state index in [4.69, 9.17) is 0 Å². The van der Waals surface area contributed by atoms with E-state index in [1.54, 1.807) is 11.3 Å². The normalized spacial score (nSPS) is 17.8. The number of hydrogen-bond donors (Lipinski definition) is 2. The maximum absolute atomic E-state index is 12.2. The summed E-state index contributed by atoms with van der Waals surface area (Å²) in [6.07, 6.45) is -0.139. The molecular formula is C15H16N2OS. The van der Waals surface area contributed by atoms with Crippen molar-refractivity contribution in [3.63, 3.8) is 0 Å². The van der Waals surface area contributed by atoms with Gasteiger partial charge in [-0.2, -0.15) is 0 Å². The molecule has 0 bridgehead atoms. The third-order valence-corrected chi connectivity index (χ3v) is 4.62. The molecule has 2 aromatic rings. The number of carbonyl (C=O) groups is 1. The van der Waals surface area contributed by atoms with Crippen LogP contribution in [0.5, 0.6) is 0 Å². The highest BCUT2D eigenvalue weighted by molar-refractivity contribution is 7.16. The van der Waals surface area contributed by atoms with Crippen molar-refractivity contribution in [3.8, 4) is 0 Å². The van der Waals surface area contributed by atoms with E-state index < -0.39 is 0 Å². The Bertz CT molecular complexity index is 604. The molecule has 1 amide bonds. The standard InChI is InChI=1S/C15H16N2OS/c1-9(2)12-8-11-14(18)16-13(17-15(11)19-12)10-6-4-3-5-7-10/h3-9,13,17H,1-2H3,(H,16,18)/t13-/m0/s1. The number of anilines is 1. The average molecular weight is 272 g/mol. The monoisotopic (exact) mass is 272 g/mol. The molecule has 0 saturated carbocycles. The Morgan fingerprint density at radius 3 is 2.58 bits per heavy atom. The van der Waals surface area contributed by atoms with Gasteiger partial charge in [0.2, 0.25) is 0 Å². The molecule has 1 aliphatic rings. The summed E-state index contributed by atoms with van der Waals surface area (Å²) >= 11 is 1.67. The number of hydrogen-bond acceptors (Lipinski definition) is 3. The summed E-state index contributed by atoms with van der Waals surface area (Å²) in [5.74, 6) is 0.450. The Kier molecular flexibility index (Phi) is 3.03. The molecule has 4 heteroatoms. The number of thiophene rings is 1. The number of amides is 1. The zero-order valence-electron chi connectivity index (χ0n) is 10.9. The molecule has 19 heavy (non-hydrogen) atoms. The molecule has 3 nitrogen and oxygen atoms in total. The van der Waals surface area contributed by atoms with Gasteiger partial charge in [-0.3, -0.25) is 4.79 Å². The van der Waals surface area contributed by atoms with Gasteiger partial charge in [0.1, 0.15) is 11.2 Å². The van der Waals surface area contributed by atoms with E-state index in [0.717, 1.165) is 16.1 Å². The molecular weight excluding hydrogens is 256 g/mol. The Labute approximate surface area is 116 Å². The van der Waals surface area contributed by atoms with E-state index in [9.17, 15) is 4.79 Å². The molecule has 1 aromatic heterocycles. The first-order valence-corrected chi connectivity index (χ1v) is 7.23. The van der Waals surface area contributed by atoms with Crippen molar-refractivity contribution >= 4 is 22.2 Å². The summed E-state index contributed by atoms with van der Waals surface area (Å²) < 4.78 is 0. The van der Waals surface area contributed by atoms with Gasteiger partial charge in [0.25, 0.3) is 5.91 Å². The van der Waals surface area contributed by atoms with Crippen LogP contribution in [0.3, 0.4) is 0 Å². The van der Waals surface area contributed by atoms with Crippen molar-refractivity contribution in [2.75, 3.05) is 5.32 Å². The van der Waals surface area contributed by atoms with Gasteiger partial charge in [-0.05, 0) is 17.5 Å².